The molecule has 6 N–H and O–H groups in total. The van der Waals surface area contributed by atoms with E-state index < -0.39 is 0 Å². The number of nitrogens with two attached hydrogens (primary N) is 2. The number of hydrogen-bond donors (Lipinski definition) is 4. The standard InChI is InChI=1S/C10H18N4/c11-6-10(14-12)8-13-7-9-4-2-1-3-5-9/h1-4,8-9,13-14H,5-7,11-12H2/b10-8-. The second-order valence-electron chi connectivity index (χ2n) is 3.24. The van der Waals surface area contributed by atoms with Crippen molar-refractivity contribution in [1.29, 1.82) is 0 Å². The molecule has 0 fully saturated rings. The summed E-state index contributed by atoms with van der Waals surface area (Å²) in [5.74, 6) is 5.80. The Bertz CT molecular complexity index is 237. The van der Waals surface area contributed by atoms with E-state index in [1.165, 1.54) is 0 Å². The fourth-order valence-corrected chi connectivity index (χ4v) is 1.28. The van der Waals surface area contributed by atoms with Gasteiger partial charge in [0, 0.05) is 19.3 Å². The van der Waals surface area contributed by atoms with Crippen LogP contribution < -0.4 is 22.3 Å². The largest absolute Gasteiger partial charge is 0.389 e. The summed E-state index contributed by atoms with van der Waals surface area (Å²) in [5, 5.41) is 3.19. The van der Waals surface area contributed by atoms with Gasteiger partial charge in [0.15, 0.2) is 0 Å². The van der Waals surface area contributed by atoms with Crippen LogP contribution in [0.25, 0.3) is 0 Å². The van der Waals surface area contributed by atoms with Crippen molar-refractivity contribution in [2.24, 2.45) is 17.5 Å². The summed E-state index contributed by atoms with van der Waals surface area (Å²) in [5.41, 5.74) is 8.76. The topological polar surface area (TPSA) is 76.1 Å². The van der Waals surface area contributed by atoms with Gasteiger partial charge < -0.3 is 16.5 Å². The summed E-state index contributed by atoms with van der Waals surface area (Å²) < 4.78 is 0. The molecule has 0 aromatic rings. The van der Waals surface area contributed by atoms with Crippen molar-refractivity contribution in [3.8, 4) is 0 Å². The van der Waals surface area contributed by atoms with Crippen molar-refractivity contribution in [3.63, 3.8) is 0 Å². The summed E-state index contributed by atoms with van der Waals surface area (Å²) in [4.78, 5) is 0. The molecule has 0 radical (unpaired) electrons. The molecule has 0 aromatic carbocycles. The molecule has 1 aliphatic carbocycles. The fourth-order valence-electron chi connectivity index (χ4n) is 1.28. The van der Waals surface area contributed by atoms with Crippen molar-refractivity contribution in [3.05, 3.63) is 36.2 Å². The van der Waals surface area contributed by atoms with Crippen LogP contribution in [0.15, 0.2) is 36.2 Å². The minimum Gasteiger partial charge on any atom is -0.389 e. The van der Waals surface area contributed by atoms with Gasteiger partial charge in [0.05, 0.1) is 5.70 Å². The zero-order valence-corrected chi connectivity index (χ0v) is 8.24. The van der Waals surface area contributed by atoms with Gasteiger partial charge in [-0.1, -0.05) is 24.3 Å². The van der Waals surface area contributed by atoms with Crippen LogP contribution in [-0.4, -0.2) is 13.1 Å². The molecule has 4 nitrogen and oxygen atoms in total. The molecule has 0 amide bonds. The lowest BCUT2D eigenvalue weighted by molar-refractivity contribution is 0.613. The number of hydrazine groups is 1. The third kappa shape index (κ3) is 3.64. The highest BCUT2D eigenvalue weighted by Crippen LogP contribution is 2.09. The molecule has 1 unspecified atom stereocenters. The summed E-state index contributed by atoms with van der Waals surface area (Å²) in [6.45, 7) is 1.33. The average molecular weight is 194 g/mol. The van der Waals surface area contributed by atoms with E-state index in [0.717, 1.165) is 18.7 Å². The fraction of sp³-hybridized carbons (Fsp3) is 0.400. The van der Waals surface area contributed by atoms with Gasteiger partial charge in [-0.15, -0.1) is 0 Å². The van der Waals surface area contributed by atoms with Crippen LogP contribution in [0.2, 0.25) is 0 Å². The van der Waals surface area contributed by atoms with Crippen molar-refractivity contribution in [2.75, 3.05) is 13.1 Å². The normalized spacial score (nSPS) is 21.0. The van der Waals surface area contributed by atoms with Crippen LogP contribution >= 0.6 is 0 Å². The minimum absolute atomic E-state index is 0.421. The van der Waals surface area contributed by atoms with Gasteiger partial charge in [0.2, 0.25) is 0 Å². The van der Waals surface area contributed by atoms with Gasteiger partial charge in [-0.05, 0) is 12.3 Å². The lowest BCUT2D eigenvalue weighted by Gasteiger charge is -2.13. The molecular formula is C10H18N4. The molecule has 1 atom stereocenters. The van der Waals surface area contributed by atoms with E-state index in [0.29, 0.717) is 12.5 Å². The van der Waals surface area contributed by atoms with E-state index in [9.17, 15) is 0 Å². The van der Waals surface area contributed by atoms with Crippen LogP contribution in [0.4, 0.5) is 0 Å². The molecule has 0 heterocycles. The first-order chi connectivity index (χ1) is 6.86. The zero-order valence-electron chi connectivity index (χ0n) is 8.24. The van der Waals surface area contributed by atoms with Gasteiger partial charge in [-0.2, -0.15) is 0 Å². The summed E-state index contributed by atoms with van der Waals surface area (Å²) in [6.07, 6.45) is 11.4. The van der Waals surface area contributed by atoms with E-state index in [4.69, 9.17) is 11.6 Å². The van der Waals surface area contributed by atoms with Crippen LogP contribution in [0.3, 0.4) is 0 Å². The van der Waals surface area contributed by atoms with E-state index in [1.54, 1.807) is 0 Å². The van der Waals surface area contributed by atoms with Crippen molar-refractivity contribution < 1.29 is 0 Å². The first-order valence-corrected chi connectivity index (χ1v) is 4.79. The first-order valence-electron chi connectivity index (χ1n) is 4.79. The summed E-state index contributed by atoms with van der Waals surface area (Å²) in [7, 11) is 0. The molecule has 0 spiro atoms. The second kappa shape index (κ2) is 6.23. The van der Waals surface area contributed by atoms with Crippen molar-refractivity contribution >= 4 is 0 Å². The van der Waals surface area contributed by atoms with E-state index in [-0.39, 0.29) is 0 Å². The molecular weight excluding hydrogens is 176 g/mol. The molecule has 0 saturated heterocycles. The molecule has 4 heteroatoms. The predicted octanol–water partition coefficient (Wildman–Crippen LogP) is -0.0283. The van der Waals surface area contributed by atoms with Crippen LogP contribution in [-0.2, 0) is 0 Å². The highest BCUT2D eigenvalue weighted by atomic mass is 15.2. The van der Waals surface area contributed by atoms with Gasteiger partial charge in [-0.3, -0.25) is 5.84 Å². The quantitative estimate of drug-likeness (QED) is 0.366. The molecule has 0 saturated carbocycles. The predicted molar refractivity (Wildman–Crippen MR) is 58.9 cm³/mol. The SMILES string of the molecule is NC/C(=C/NCC1C=CC=CC1)NN. The molecule has 0 aliphatic heterocycles. The van der Waals surface area contributed by atoms with Crippen LogP contribution in [0.5, 0.6) is 0 Å². The smallest absolute Gasteiger partial charge is 0.0551 e. The van der Waals surface area contributed by atoms with Crippen molar-refractivity contribution in [2.45, 2.75) is 6.42 Å². The molecule has 1 aliphatic rings. The Balaban J connectivity index is 2.23. The molecule has 78 valence electrons. The molecule has 1 rings (SSSR count). The number of hydrogen-bond acceptors (Lipinski definition) is 4. The third-order valence-corrected chi connectivity index (χ3v) is 2.13. The van der Waals surface area contributed by atoms with Gasteiger partial charge in [0.25, 0.3) is 0 Å². The Morgan fingerprint density at radius 1 is 1.50 bits per heavy atom. The maximum atomic E-state index is 5.43. The van der Waals surface area contributed by atoms with Crippen molar-refractivity contribution in [1.82, 2.24) is 10.7 Å². The third-order valence-electron chi connectivity index (χ3n) is 2.13. The molecule has 14 heavy (non-hydrogen) atoms. The van der Waals surface area contributed by atoms with Gasteiger partial charge in [0.1, 0.15) is 0 Å². The Hall–Kier alpha value is -1.26. The van der Waals surface area contributed by atoms with Crippen LogP contribution in [0, 0.1) is 5.92 Å². The Kier molecular flexibility index (Phi) is 4.82. The number of nitrogens with one attached hydrogen (secondary N) is 2. The Labute approximate surface area is 84.7 Å². The maximum absolute atomic E-state index is 5.43. The van der Waals surface area contributed by atoms with E-state index in [2.05, 4.69) is 35.0 Å². The summed E-state index contributed by atoms with van der Waals surface area (Å²) >= 11 is 0. The zero-order chi connectivity index (χ0) is 10.2. The van der Waals surface area contributed by atoms with E-state index >= 15 is 0 Å². The molecule has 0 aromatic heterocycles. The Morgan fingerprint density at radius 3 is 2.93 bits per heavy atom. The van der Waals surface area contributed by atoms with Gasteiger partial charge >= 0.3 is 0 Å². The average Bonchev–Trinajstić information content (AvgIpc) is 2.26. The molecule has 0 bridgehead atoms. The lowest BCUT2D eigenvalue weighted by atomic mass is 10.0. The monoisotopic (exact) mass is 194 g/mol. The highest BCUT2D eigenvalue weighted by molar-refractivity contribution is 5.11. The maximum Gasteiger partial charge on any atom is 0.0551 e. The Morgan fingerprint density at radius 2 is 2.36 bits per heavy atom. The lowest BCUT2D eigenvalue weighted by Crippen LogP contribution is -2.29. The highest BCUT2D eigenvalue weighted by Gasteiger charge is 2.02. The second-order valence-corrected chi connectivity index (χ2v) is 3.24. The minimum atomic E-state index is 0.421. The number of rotatable bonds is 5. The van der Waals surface area contributed by atoms with Crippen LogP contribution in [0.1, 0.15) is 6.42 Å². The first kappa shape index (κ1) is 10.8. The van der Waals surface area contributed by atoms with E-state index in [1.807, 2.05) is 6.20 Å². The van der Waals surface area contributed by atoms with Gasteiger partial charge in [-0.25, -0.2) is 0 Å². The number of allylic oxidation sites excluding steroid dienone is 3. The summed E-state index contributed by atoms with van der Waals surface area (Å²) in [6, 6.07) is 0.